The zero-order chi connectivity index (χ0) is 12.4. The lowest BCUT2D eigenvalue weighted by Crippen LogP contribution is -1.93. The Morgan fingerprint density at radius 3 is 2.82 bits per heavy atom. The monoisotopic (exact) mass is 346 g/mol. The van der Waals surface area contributed by atoms with E-state index in [0.717, 1.165) is 0 Å². The van der Waals surface area contributed by atoms with Crippen molar-refractivity contribution in [3.05, 3.63) is 33.8 Å². The van der Waals surface area contributed by atoms with Crippen LogP contribution in [0.15, 0.2) is 24.4 Å². The van der Waals surface area contributed by atoms with Crippen molar-refractivity contribution in [1.82, 2.24) is 10.2 Å². The first kappa shape index (κ1) is 12.0. The molecule has 2 rings (SSSR count). The topological polar surface area (TPSA) is 55.2 Å². The third-order valence-corrected chi connectivity index (χ3v) is 3.05. The van der Waals surface area contributed by atoms with Gasteiger partial charge in [-0.1, -0.05) is 0 Å². The fourth-order valence-corrected chi connectivity index (χ4v) is 1.78. The second-order valence-corrected chi connectivity index (χ2v) is 4.43. The van der Waals surface area contributed by atoms with E-state index in [9.17, 15) is 9.50 Å². The Labute approximate surface area is 111 Å². The smallest absolute Gasteiger partial charge is 0.233 e. The Kier molecular flexibility index (Phi) is 3.41. The van der Waals surface area contributed by atoms with Crippen molar-refractivity contribution in [1.29, 1.82) is 0 Å². The zero-order valence-electron chi connectivity index (χ0n) is 8.82. The average Bonchev–Trinajstić information content (AvgIpc) is 2.34. The van der Waals surface area contributed by atoms with Gasteiger partial charge >= 0.3 is 0 Å². The molecule has 0 saturated carbocycles. The van der Waals surface area contributed by atoms with Crippen molar-refractivity contribution in [2.24, 2.45) is 0 Å². The molecule has 0 aliphatic heterocycles. The van der Waals surface area contributed by atoms with Gasteiger partial charge in [0.15, 0.2) is 0 Å². The summed E-state index contributed by atoms with van der Waals surface area (Å²) in [5.41, 5.74) is 0.761. The van der Waals surface area contributed by atoms with E-state index in [1.807, 2.05) is 22.6 Å². The number of aromatic hydroxyl groups is 1. The Hall–Kier alpha value is -1.44. The summed E-state index contributed by atoms with van der Waals surface area (Å²) in [5, 5.41) is 17.0. The molecule has 1 aromatic heterocycles. The summed E-state index contributed by atoms with van der Waals surface area (Å²) >= 11 is 1.86. The van der Waals surface area contributed by atoms with E-state index < -0.39 is 5.82 Å². The van der Waals surface area contributed by atoms with Gasteiger partial charge in [0.1, 0.15) is 11.6 Å². The van der Waals surface area contributed by atoms with E-state index in [1.54, 1.807) is 6.07 Å². The summed E-state index contributed by atoms with van der Waals surface area (Å²) in [6, 6.07) is 4.17. The molecule has 0 atom stereocenters. The average molecular weight is 346 g/mol. The molecule has 0 amide bonds. The SMILES string of the molecule is COc1cc(-c2cc(O)c(I)cc2F)cnn1. The Bertz CT molecular complexity index is 563. The van der Waals surface area contributed by atoms with Crippen LogP contribution in [0.4, 0.5) is 4.39 Å². The summed E-state index contributed by atoms with van der Waals surface area (Å²) in [5.74, 6) is -0.111. The van der Waals surface area contributed by atoms with Gasteiger partial charge in [0, 0.05) is 17.2 Å². The van der Waals surface area contributed by atoms with Crippen LogP contribution in [0.1, 0.15) is 0 Å². The molecule has 1 N–H and O–H groups in total. The van der Waals surface area contributed by atoms with Crippen molar-refractivity contribution >= 4 is 22.6 Å². The summed E-state index contributed by atoms with van der Waals surface area (Å²) in [7, 11) is 1.45. The second kappa shape index (κ2) is 4.82. The molecule has 1 heterocycles. The largest absolute Gasteiger partial charge is 0.507 e. The molecule has 0 fully saturated rings. The van der Waals surface area contributed by atoms with Crippen LogP contribution in [0.5, 0.6) is 11.6 Å². The van der Waals surface area contributed by atoms with Crippen molar-refractivity contribution in [3.8, 4) is 22.8 Å². The summed E-state index contributed by atoms with van der Waals surface area (Å²) in [6.45, 7) is 0. The number of halogens is 2. The maximum atomic E-state index is 13.7. The van der Waals surface area contributed by atoms with Crippen LogP contribution in [0.2, 0.25) is 0 Å². The molecule has 1 aromatic carbocycles. The first-order valence-electron chi connectivity index (χ1n) is 4.67. The van der Waals surface area contributed by atoms with Crippen molar-refractivity contribution in [3.63, 3.8) is 0 Å². The number of phenolic OH excluding ortho intramolecular Hbond substituents is 1. The maximum absolute atomic E-state index is 13.7. The van der Waals surface area contributed by atoms with Crippen LogP contribution in [-0.4, -0.2) is 22.4 Å². The lowest BCUT2D eigenvalue weighted by molar-refractivity contribution is 0.392. The number of aromatic nitrogens is 2. The molecule has 0 aliphatic rings. The first-order chi connectivity index (χ1) is 8.11. The fourth-order valence-electron chi connectivity index (χ4n) is 1.35. The lowest BCUT2D eigenvalue weighted by atomic mass is 10.1. The van der Waals surface area contributed by atoms with Gasteiger partial charge in [0.25, 0.3) is 0 Å². The Morgan fingerprint density at radius 1 is 1.35 bits per heavy atom. The van der Waals surface area contributed by atoms with Gasteiger partial charge in [-0.25, -0.2) is 4.39 Å². The quantitative estimate of drug-likeness (QED) is 0.850. The maximum Gasteiger partial charge on any atom is 0.233 e. The van der Waals surface area contributed by atoms with E-state index in [-0.39, 0.29) is 11.3 Å². The summed E-state index contributed by atoms with van der Waals surface area (Å²) in [6.07, 6.45) is 1.41. The third-order valence-electron chi connectivity index (χ3n) is 2.19. The molecule has 0 radical (unpaired) electrons. The van der Waals surface area contributed by atoms with Crippen molar-refractivity contribution < 1.29 is 14.2 Å². The number of ether oxygens (including phenoxy) is 1. The molecule has 0 saturated heterocycles. The highest BCUT2D eigenvalue weighted by molar-refractivity contribution is 14.1. The number of benzene rings is 1. The number of rotatable bonds is 2. The predicted molar refractivity (Wildman–Crippen MR) is 68.4 cm³/mol. The van der Waals surface area contributed by atoms with E-state index in [1.165, 1.54) is 25.4 Å². The number of hydrogen-bond acceptors (Lipinski definition) is 4. The van der Waals surface area contributed by atoms with Crippen LogP contribution >= 0.6 is 22.6 Å². The summed E-state index contributed by atoms with van der Waals surface area (Å²) in [4.78, 5) is 0. The fraction of sp³-hybridized carbons (Fsp3) is 0.0909. The second-order valence-electron chi connectivity index (χ2n) is 3.27. The van der Waals surface area contributed by atoms with Gasteiger partial charge in [-0.3, -0.25) is 0 Å². The highest BCUT2D eigenvalue weighted by Gasteiger charge is 2.11. The molecular weight excluding hydrogens is 338 g/mol. The molecule has 0 spiro atoms. The van der Waals surface area contributed by atoms with E-state index in [0.29, 0.717) is 15.0 Å². The normalized spacial score (nSPS) is 10.3. The molecule has 0 bridgehead atoms. The first-order valence-corrected chi connectivity index (χ1v) is 5.75. The van der Waals surface area contributed by atoms with Gasteiger partial charge in [0.05, 0.1) is 16.9 Å². The summed E-state index contributed by atoms with van der Waals surface area (Å²) < 4.78 is 19.1. The molecule has 0 unspecified atom stereocenters. The minimum absolute atomic E-state index is 0.0257. The minimum Gasteiger partial charge on any atom is -0.507 e. The van der Waals surface area contributed by atoms with Gasteiger partial charge in [-0.05, 0) is 34.7 Å². The van der Waals surface area contributed by atoms with Crippen LogP contribution in [0, 0.1) is 9.39 Å². The zero-order valence-corrected chi connectivity index (χ0v) is 11.0. The third kappa shape index (κ3) is 2.46. The Balaban J connectivity index is 2.56. The number of methoxy groups -OCH3 is 1. The molecule has 2 aromatic rings. The molecular formula is C11H8FIN2O2. The minimum atomic E-state index is -0.428. The van der Waals surface area contributed by atoms with Gasteiger partial charge in [0.2, 0.25) is 5.88 Å². The van der Waals surface area contributed by atoms with Gasteiger partial charge in [-0.2, -0.15) is 5.10 Å². The highest BCUT2D eigenvalue weighted by atomic mass is 127. The molecule has 4 nitrogen and oxygen atoms in total. The van der Waals surface area contributed by atoms with Gasteiger partial charge in [-0.15, -0.1) is 5.10 Å². The standard InChI is InChI=1S/C11H8FIN2O2/c1-17-11-2-6(5-14-15-11)7-3-10(16)9(13)4-8(7)12/h2-5,16H,1H3. The van der Waals surface area contributed by atoms with Crippen LogP contribution < -0.4 is 4.74 Å². The number of nitrogens with zero attached hydrogens (tertiary/aromatic N) is 2. The highest BCUT2D eigenvalue weighted by Crippen LogP contribution is 2.30. The molecule has 88 valence electrons. The van der Waals surface area contributed by atoms with Crippen LogP contribution in [-0.2, 0) is 0 Å². The van der Waals surface area contributed by atoms with Crippen molar-refractivity contribution in [2.75, 3.05) is 7.11 Å². The van der Waals surface area contributed by atoms with Crippen LogP contribution in [0.3, 0.4) is 0 Å². The van der Waals surface area contributed by atoms with E-state index in [4.69, 9.17) is 4.74 Å². The van der Waals surface area contributed by atoms with E-state index >= 15 is 0 Å². The molecule has 0 aliphatic carbocycles. The van der Waals surface area contributed by atoms with Crippen LogP contribution in [0.25, 0.3) is 11.1 Å². The number of phenols is 1. The van der Waals surface area contributed by atoms with Gasteiger partial charge < -0.3 is 9.84 Å². The lowest BCUT2D eigenvalue weighted by Gasteiger charge is -2.06. The molecule has 6 heteroatoms. The predicted octanol–water partition coefficient (Wildman–Crippen LogP) is 2.60. The van der Waals surface area contributed by atoms with E-state index in [2.05, 4.69) is 10.2 Å². The van der Waals surface area contributed by atoms with Crippen molar-refractivity contribution in [2.45, 2.75) is 0 Å². The Morgan fingerprint density at radius 2 is 2.12 bits per heavy atom. The number of hydrogen-bond donors (Lipinski definition) is 1. The molecule has 17 heavy (non-hydrogen) atoms.